The number of aryl methyl sites for hydroxylation is 1. The van der Waals surface area contributed by atoms with E-state index in [1.807, 2.05) is 0 Å². The van der Waals surface area contributed by atoms with E-state index in [-0.39, 0.29) is 6.42 Å². The van der Waals surface area contributed by atoms with Crippen molar-refractivity contribution < 1.29 is 9.90 Å². The second-order valence-electron chi connectivity index (χ2n) is 4.04. The first-order valence-electron chi connectivity index (χ1n) is 5.42. The maximum absolute atomic E-state index is 10.3. The van der Waals surface area contributed by atoms with Crippen molar-refractivity contribution >= 4 is 17.3 Å². The molecule has 3 nitrogen and oxygen atoms in total. The molecule has 0 aromatic carbocycles. The fraction of sp³-hybridized carbons (Fsp3) is 0.636. The lowest BCUT2D eigenvalue weighted by molar-refractivity contribution is -0.137. The first kappa shape index (κ1) is 10.6. The van der Waals surface area contributed by atoms with Gasteiger partial charge in [-0.15, -0.1) is 11.3 Å². The minimum atomic E-state index is -0.717. The summed E-state index contributed by atoms with van der Waals surface area (Å²) in [5.74, 6) is -0.0275. The highest BCUT2D eigenvalue weighted by molar-refractivity contribution is 7.09. The first-order chi connectivity index (χ1) is 7.25. The zero-order valence-electron chi connectivity index (χ0n) is 8.61. The van der Waals surface area contributed by atoms with Gasteiger partial charge in [0.2, 0.25) is 0 Å². The van der Waals surface area contributed by atoms with Gasteiger partial charge in [0.05, 0.1) is 10.7 Å². The third-order valence-corrected chi connectivity index (χ3v) is 3.80. The van der Waals surface area contributed by atoms with Crippen molar-refractivity contribution in [1.29, 1.82) is 0 Å². The van der Waals surface area contributed by atoms with Gasteiger partial charge in [0, 0.05) is 17.7 Å². The molecule has 1 aromatic heterocycles. The molecule has 1 N–H and O–H groups in total. The molecule has 0 unspecified atom stereocenters. The van der Waals surface area contributed by atoms with Crippen LogP contribution < -0.4 is 0 Å². The van der Waals surface area contributed by atoms with Gasteiger partial charge in [0.25, 0.3) is 0 Å². The van der Waals surface area contributed by atoms with Crippen molar-refractivity contribution in [3.63, 3.8) is 0 Å². The van der Waals surface area contributed by atoms with Gasteiger partial charge in [-0.1, -0.05) is 6.42 Å². The Balaban J connectivity index is 1.81. The monoisotopic (exact) mass is 225 g/mol. The highest BCUT2D eigenvalue weighted by Crippen LogP contribution is 2.36. The summed E-state index contributed by atoms with van der Waals surface area (Å²) in [6.07, 6.45) is 5.64. The van der Waals surface area contributed by atoms with Gasteiger partial charge in [0.15, 0.2) is 0 Å². The summed E-state index contributed by atoms with van der Waals surface area (Å²) >= 11 is 1.67. The summed E-state index contributed by atoms with van der Waals surface area (Å²) in [5.41, 5.74) is 1.23. The van der Waals surface area contributed by atoms with E-state index in [0.29, 0.717) is 12.3 Å². The molecule has 82 valence electrons. The maximum atomic E-state index is 10.3. The zero-order valence-corrected chi connectivity index (χ0v) is 9.42. The van der Waals surface area contributed by atoms with Gasteiger partial charge in [0.1, 0.15) is 0 Å². The number of carboxylic acid groups (broad SMARTS) is 1. The summed E-state index contributed by atoms with van der Waals surface area (Å²) in [4.78, 5) is 14.9. The number of thiazole rings is 1. The number of hydrogen-bond acceptors (Lipinski definition) is 3. The number of carboxylic acids is 1. The Kier molecular flexibility index (Phi) is 3.36. The Morgan fingerprint density at radius 2 is 2.40 bits per heavy atom. The Morgan fingerprint density at radius 3 is 3.00 bits per heavy atom. The summed E-state index contributed by atoms with van der Waals surface area (Å²) in [6, 6.07) is 0. The minimum Gasteiger partial charge on any atom is -0.481 e. The Bertz CT molecular complexity index is 344. The number of carbonyl (C=O) groups is 1. The van der Waals surface area contributed by atoms with Crippen LogP contribution in [0.4, 0.5) is 0 Å². The molecule has 1 saturated carbocycles. The fourth-order valence-electron chi connectivity index (χ4n) is 1.72. The van der Waals surface area contributed by atoms with Crippen LogP contribution in [0.2, 0.25) is 0 Å². The predicted molar refractivity (Wildman–Crippen MR) is 59.3 cm³/mol. The third kappa shape index (κ3) is 2.78. The average Bonchev–Trinajstić information content (AvgIpc) is 2.49. The number of aromatic nitrogens is 1. The smallest absolute Gasteiger partial charge is 0.303 e. The van der Waals surface area contributed by atoms with Crippen LogP contribution in [0, 0.1) is 0 Å². The van der Waals surface area contributed by atoms with Gasteiger partial charge in [-0.05, 0) is 25.7 Å². The molecule has 1 fully saturated rings. The van der Waals surface area contributed by atoms with E-state index in [1.165, 1.54) is 25.0 Å². The van der Waals surface area contributed by atoms with Crippen LogP contribution in [0.15, 0.2) is 5.38 Å². The molecule has 1 aliphatic rings. The summed E-state index contributed by atoms with van der Waals surface area (Å²) < 4.78 is 0. The Morgan fingerprint density at radius 1 is 1.60 bits per heavy atom. The summed E-state index contributed by atoms with van der Waals surface area (Å²) in [5, 5.41) is 11.7. The van der Waals surface area contributed by atoms with Crippen LogP contribution in [0.25, 0.3) is 0 Å². The van der Waals surface area contributed by atoms with E-state index in [2.05, 4.69) is 10.4 Å². The van der Waals surface area contributed by atoms with Gasteiger partial charge >= 0.3 is 5.97 Å². The molecule has 0 amide bonds. The van der Waals surface area contributed by atoms with Gasteiger partial charge in [-0.2, -0.15) is 0 Å². The third-order valence-electron chi connectivity index (χ3n) is 2.87. The SMILES string of the molecule is O=C(O)CCCc1nc(C2CCC2)cs1. The van der Waals surface area contributed by atoms with Crippen LogP contribution in [0.1, 0.15) is 48.7 Å². The van der Waals surface area contributed by atoms with Crippen LogP contribution >= 0.6 is 11.3 Å². The highest BCUT2D eigenvalue weighted by atomic mass is 32.1. The molecule has 0 spiro atoms. The molecule has 1 aromatic rings. The van der Waals surface area contributed by atoms with Gasteiger partial charge in [-0.25, -0.2) is 4.98 Å². The Labute approximate surface area is 93.2 Å². The molecule has 4 heteroatoms. The molecule has 0 atom stereocenters. The second-order valence-corrected chi connectivity index (χ2v) is 4.98. The second kappa shape index (κ2) is 4.75. The number of hydrogen-bond donors (Lipinski definition) is 1. The molecule has 1 aliphatic carbocycles. The normalized spacial score (nSPS) is 16.3. The summed E-state index contributed by atoms with van der Waals surface area (Å²) in [6.45, 7) is 0. The van der Waals surface area contributed by atoms with Crippen molar-refractivity contribution in [3.8, 4) is 0 Å². The van der Waals surface area contributed by atoms with Crippen molar-refractivity contribution in [1.82, 2.24) is 4.98 Å². The van der Waals surface area contributed by atoms with Crippen LogP contribution in [0.3, 0.4) is 0 Å². The average molecular weight is 225 g/mol. The number of aliphatic carboxylic acids is 1. The molecule has 0 bridgehead atoms. The molecule has 0 aliphatic heterocycles. The molecule has 0 saturated heterocycles. The van der Waals surface area contributed by atoms with Crippen molar-refractivity contribution in [2.24, 2.45) is 0 Å². The van der Waals surface area contributed by atoms with Crippen LogP contribution in [-0.4, -0.2) is 16.1 Å². The fourth-order valence-corrected chi connectivity index (χ4v) is 2.64. The van der Waals surface area contributed by atoms with Crippen molar-refractivity contribution in [3.05, 3.63) is 16.1 Å². The van der Waals surface area contributed by atoms with Crippen LogP contribution in [0.5, 0.6) is 0 Å². The highest BCUT2D eigenvalue weighted by Gasteiger charge is 2.21. The van der Waals surface area contributed by atoms with Crippen LogP contribution in [-0.2, 0) is 11.2 Å². The number of nitrogens with zero attached hydrogens (tertiary/aromatic N) is 1. The molecule has 0 radical (unpaired) electrons. The van der Waals surface area contributed by atoms with Crippen molar-refractivity contribution in [2.45, 2.75) is 44.4 Å². The van der Waals surface area contributed by atoms with E-state index in [9.17, 15) is 4.79 Å². The Hall–Kier alpha value is -0.900. The molecular formula is C11H15NO2S. The minimum absolute atomic E-state index is 0.248. The van der Waals surface area contributed by atoms with E-state index in [4.69, 9.17) is 5.11 Å². The molecule has 15 heavy (non-hydrogen) atoms. The largest absolute Gasteiger partial charge is 0.481 e. The van der Waals surface area contributed by atoms with E-state index >= 15 is 0 Å². The molecular weight excluding hydrogens is 210 g/mol. The van der Waals surface area contributed by atoms with Gasteiger partial charge < -0.3 is 5.11 Å². The van der Waals surface area contributed by atoms with Gasteiger partial charge in [-0.3, -0.25) is 4.79 Å². The first-order valence-corrected chi connectivity index (χ1v) is 6.30. The standard InChI is InChI=1S/C11H15NO2S/c13-11(14)6-2-5-10-12-9(7-15-10)8-3-1-4-8/h7-8H,1-6H2,(H,13,14). The van der Waals surface area contributed by atoms with Crippen molar-refractivity contribution in [2.75, 3.05) is 0 Å². The predicted octanol–water partition coefficient (Wildman–Crippen LogP) is 2.82. The number of rotatable bonds is 5. The molecule has 2 rings (SSSR count). The quantitative estimate of drug-likeness (QED) is 0.838. The maximum Gasteiger partial charge on any atom is 0.303 e. The van der Waals surface area contributed by atoms with E-state index in [1.54, 1.807) is 11.3 Å². The van der Waals surface area contributed by atoms with E-state index in [0.717, 1.165) is 11.4 Å². The lowest BCUT2D eigenvalue weighted by atomic mass is 9.83. The lowest BCUT2D eigenvalue weighted by Gasteiger charge is -2.22. The zero-order chi connectivity index (χ0) is 10.7. The molecule has 1 heterocycles. The topological polar surface area (TPSA) is 50.2 Å². The lowest BCUT2D eigenvalue weighted by Crippen LogP contribution is -2.09. The van der Waals surface area contributed by atoms with E-state index < -0.39 is 5.97 Å². The summed E-state index contributed by atoms with van der Waals surface area (Å²) in [7, 11) is 0.